The maximum absolute atomic E-state index is 9.06. The molecule has 0 aromatic heterocycles. The molecule has 0 aromatic carbocycles. The fraction of sp³-hybridized carbons (Fsp3) is 0.714. The summed E-state index contributed by atoms with van der Waals surface area (Å²) in [6.45, 7) is 5.95. The molecule has 2 nitrogen and oxygen atoms in total. The highest BCUT2D eigenvalue weighted by Gasteiger charge is 2.08. The number of hydrogen-bond acceptors (Lipinski definition) is 2. The van der Waals surface area contributed by atoms with Crippen LogP contribution in [0.15, 0.2) is 12.7 Å². The lowest BCUT2D eigenvalue weighted by Gasteiger charge is -2.12. The van der Waals surface area contributed by atoms with E-state index < -0.39 is 6.10 Å². The summed E-state index contributed by atoms with van der Waals surface area (Å²) >= 11 is 0. The first-order valence-electron chi connectivity index (χ1n) is 3.02. The van der Waals surface area contributed by atoms with E-state index in [1.54, 1.807) is 7.11 Å². The molecule has 2 heteroatoms. The van der Waals surface area contributed by atoms with Crippen molar-refractivity contribution in [2.45, 2.75) is 13.0 Å². The first-order valence-corrected chi connectivity index (χ1v) is 3.02. The zero-order chi connectivity index (χ0) is 7.28. The molecule has 0 aliphatic heterocycles. The SMILES string of the molecule is C=CC(O)C(C)COC. The Morgan fingerprint density at radius 3 is 2.67 bits per heavy atom. The molecule has 0 saturated carbocycles. The van der Waals surface area contributed by atoms with Crippen molar-refractivity contribution in [2.75, 3.05) is 13.7 Å². The minimum absolute atomic E-state index is 0.146. The van der Waals surface area contributed by atoms with Crippen molar-refractivity contribution < 1.29 is 9.84 Å². The van der Waals surface area contributed by atoms with Gasteiger partial charge in [0.05, 0.1) is 12.7 Å². The predicted molar refractivity (Wildman–Crippen MR) is 37.2 cm³/mol. The highest BCUT2D eigenvalue weighted by molar-refractivity contribution is 4.81. The third-order valence-corrected chi connectivity index (χ3v) is 1.25. The largest absolute Gasteiger partial charge is 0.389 e. The van der Waals surface area contributed by atoms with Crippen LogP contribution in [0.5, 0.6) is 0 Å². The van der Waals surface area contributed by atoms with Gasteiger partial charge in [0, 0.05) is 13.0 Å². The third kappa shape index (κ3) is 3.27. The van der Waals surface area contributed by atoms with Crippen LogP contribution in [0.25, 0.3) is 0 Å². The van der Waals surface area contributed by atoms with Crippen LogP contribution >= 0.6 is 0 Å². The van der Waals surface area contributed by atoms with Gasteiger partial charge in [-0.2, -0.15) is 0 Å². The Bertz CT molecular complexity index is 81.0. The van der Waals surface area contributed by atoms with Gasteiger partial charge in [0.2, 0.25) is 0 Å². The van der Waals surface area contributed by atoms with Crippen molar-refractivity contribution >= 4 is 0 Å². The standard InChI is InChI=1S/C7H14O2/c1-4-7(8)6(2)5-9-3/h4,6-8H,1,5H2,2-3H3. The Labute approximate surface area is 56.1 Å². The van der Waals surface area contributed by atoms with Gasteiger partial charge in [-0.3, -0.25) is 0 Å². The van der Waals surface area contributed by atoms with Crippen LogP contribution < -0.4 is 0 Å². The van der Waals surface area contributed by atoms with E-state index in [0.29, 0.717) is 6.61 Å². The Morgan fingerprint density at radius 2 is 2.33 bits per heavy atom. The van der Waals surface area contributed by atoms with Gasteiger partial charge in [0.1, 0.15) is 0 Å². The maximum atomic E-state index is 9.06. The molecule has 0 aromatic rings. The van der Waals surface area contributed by atoms with Crippen molar-refractivity contribution in [2.24, 2.45) is 5.92 Å². The fourth-order valence-corrected chi connectivity index (χ4v) is 0.594. The molecule has 9 heavy (non-hydrogen) atoms. The molecule has 0 rings (SSSR count). The molecule has 0 heterocycles. The minimum atomic E-state index is -0.440. The second kappa shape index (κ2) is 4.53. The van der Waals surface area contributed by atoms with E-state index in [1.165, 1.54) is 6.08 Å². The van der Waals surface area contributed by atoms with E-state index in [9.17, 15) is 0 Å². The molecule has 0 spiro atoms. The van der Waals surface area contributed by atoms with Crippen molar-refractivity contribution in [1.82, 2.24) is 0 Å². The van der Waals surface area contributed by atoms with E-state index in [0.717, 1.165) is 0 Å². The lowest BCUT2D eigenvalue weighted by atomic mass is 10.1. The minimum Gasteiger partial charge on any atom is -0.389 e. The summed E-state index contributed by atoms with van der Waals surface area (Å²) in [5, 5.41) is 9.06. The molecular formula is C7H14O2. The quantitative estimate of drug-likeness (QED) is 0.571. The van der Waals surface area contributed by atoms with Crippen LogP contribution in [0, 0.1) is 5.92 Å². The van der Waals surface area contributed by atoms with Crippen molar-refractivity contribution in [3.63, 3.8) is 0 Å². The van der Waals surface area contributed by atoms with Gasteiger partial charge in [-0.15, -0.1) is 6.58 Å². The maximum Gasteiger partial charge on any atom is 0.0765 e. The molecule has 0 bridgehead atoms. The highest BCUT2D eigenvalue weighted by atomic mass is 16.5. The van der Waals surface area contributed by atoms with Crippen LogP contribution in [0.3, 0.4) is 0 Å². The predicted octanol–water partition coefficient (Wildman–Crippen LogP) is 0.816. The van der Waals surface area contributed by atoms with Crippen LogP contribution in [0.2, 0.25) is 0 Å². The normalized spacial score (nSPS) is 16.8. The van der Waals surface area contributed by atoms with Gasteiger partial charge in [-0.1, -0.05) is 13.0 Å². The number of hydrogen-bond donors (Lipinski definition) is 1. The fourth-order valence-electron chi connectivity index (χ4n) is 0.594. The monoisotopic (exact) mass is 130 g/mol. The number of rotatable bonds is 4. The van der Waals surface area contributed by atoms with E-state index in [-0.39, 0.29) is 5.92 Å². The Morgan fingerprint density at radius 1 is 1.78 bits per heavy atom. The molecule has 0 saturated heterocycles. The number of aliphatic hydroxyl groups is 1. The number of ether oxygens (including phenoxy) is 1. The molecule has 0 aliphatic rings. The average molecular weight is 130 g/mol. The Balaban J connectivity index is 3.44. The summed E-state index contributed by atoms with van der Waals surface area (Å²) in [5.41, 5.74) is 0. The topological polar surface area (TPSA) is 29.5 Å². The molecule has 0 radical (unpaired) electrons. The zero-order valence-electron chi connectivity index (χ0n) is 6.00. The summed E-state index contributed by atoms with van der Waals surface area (Å²) in [4.78, 5) is 0. The van der Waals surface area contributed by atoms with Gasteiger partial charge in [0.25, 0.3) is 0 Å². The van der Waals surface area contributed by atoms with E-state index in [2.05, 4.69) is 6.58 Å². The van der Waals surface area contributed by atoms with Crippen molar-refractivity contribution in [3.05, 3.63) is 12.7 Å². The molecule has 0 fully saturated rings. The van der Waals surface area contributed by atoms with Crippen LogP contribution in [-0.2, 0) is 4.74 Å². The molecule has 0 aliphatic carbocycles. The van der Waals surface area contributed by atoms with Gasteiger partial charge in [-0.25, -0.2) is 0 Å². The third-order valence-electron chi connectivity index (χ3n) is 1.25. The summed E-state index contributed by atoms with van der Waals surface area (Å²) in [5.74, 6) is 0.146. The molecule has 0 amide bonds. The Hall–Kier alpha value is -0.340. The van der Waals surface area contributed by atoms with Crippen LogP contribution in [0.4, 0.5) is 0 Å². The smallest absolute Gasteiger partial charge is 0.0765 e. The molecule has 2 unspecified atom stereocenters. The van der Waals surface area contributed by atoms with Crippen molar-refractivity contribution in [3.8, 4) is 0 Å². The summed E-state index contributed by atoms with van der Waals surface area (Å²) < 4.78 is 4.82. The van der Waals surface area contributed by atoms with Gasteiger partial charge in [-0.05, 0) is 0 Å². The van der Waals surface area contributed by atoms with Gasteiger partial charge in [0.15, 0.2) is 0 Å². The average Bonchev–Trinajstić information content (AvgIpc) is 1.87. The lowest BCUT2D eigenvalue weighted by Crippen LogP contribution is -2.18. The summed E-state index contributed by atoms with van der Waals surface area (Å²) in [6.07, 6.45) is 1.08. The summed E-state index contributed by atoms with van der Waals surface area (Å²) in [7, 11) is 1.62. The van der Waals surface area contributed by atoms with Crippen LogP contribution in [0.1, 0.15) is 6.92 Å². The van der Waals surface area contributed by atoms with Crippen LogP contribution in [-0.4, -0.2) is 24.9 Å². The number of methoxy groups -OCH3 is 1. The Kier molecular flexibility index (Phi) is 4.36. The molecule has 1 N–H and O–H groups in total. The van der Waals surface area contributed by atoms with Gasteiger partial charge < -0.3 is 9.84 Å². The molecule has 54 valence electrons. The second-order valence-electron chi connectivity index (χ2n) is 2.16. The van der Waals surface area contributed by atoms with E-state index in [4.69, 9.17) is 9.84 Å². The zero-order valence-corrected chi connectivity index (χ0v) is 6.00. The van der Waals surface area contributed by atoms with E-state index in [1.807, 2.05) is 6.92 Å². The number of aliphatic hydroxyl groups excluding tert-OH is 1. The lowest BCUT2D eigenvalue weighted by molar-refractivity contribution is 0.0840. The van der Waals surface area contributed by atoms with Gasteiger partial charge >= 0.3 is 0 Å². The second-order valence-corrected chi connectivity index (χ2v) is 2.16. The summed E-state index contributed by atoms with van der Waals surface area (Å²) in [6, 6.07) is 0. The highest BCUT2D eigenvalue weighted by Crippen LogP contribution is 2.02. The van der Waals surface area contributed by atoms with E-state index >= 15 is 0 Å². The first-order chi connectivity index (χ1) is 4.22. The molecular weight excluding hydrogens is 116 g/mol. The first kappa shape index (κ1) is 8.66. The molecule has 2 atom stereocenters. The van der Waals surface area contributed by atoms with Crippen molar-refractivity contribution in [1.29, 1.82) is 0 Å².